The largest absolute Gasteiger partial charge is 0.465 e. The molecule has 1 aromatic heterocycles. The van der Waals surface area contributed by atoms with Crippen molar-refractivity contribution in [3.05, 3.63) is 58.4 Å². The quantitative estimate of drug-likeness (QED) is 0.834. The van der Waals surface area contributed by atoms with Gasteiger partial charge in [-0.3, -0.25) is 10.1 Å². The van der Waals surface area contributed by atoms with Gasteiger partial charge in [-0.25, -0.2) is 9.78 Å². The highest BCUT2D eigenvalue weighted by molar-refractivity contribution is 6.30. The number of hydrogen-bond donors (Lipinski definition) is 2. The number of fused-ring (bicyclic) bond motifs is 1. The lowest BCUT2D eigenvalue weighted by Crippen LogP contribution is -2.26. The summed E-state index contributed by atoms with van der Waals surface area (Å²) < 4.78 is 0. The van der Waals surface area contributed by atoms with E-state index in [0.717, 1.165) is 11.1 Å². The van der Waals surface area contributed by atoms with Gasteiger partial charge in [0.1, 0.15) is 10.8 Å². The van der Waals surface area contributed by atoms with Crippen LogP contribution in [0.25, 0.3) is 0 Å². The number of hydrogen-bond acceptors (Lipinski definition) is 3. The Labute approximate surface area is 131 Å². The summed E-state index contributed by atoms with van der Waals surface area (Å²) in [7, 11) is 0. The molecule has 0 aliphatic carbocycles. The number of anilines is 1. The summed E-state index contributed by atoms with van der Waals surface area (Å²) in [4.78, 5) is 28.9. The molecule has 1 aliphatic heterocycles. The summed E-state index contributed by atoms with van der Waals surface area (Å²) in [6.45, 7) is 1.01. The van der Waals surface area contributed by atoms with Crippen LogP contribution in [-0.4, -0.2) is 27.0 Å². The van der Waals surface area contributed by atoms with Crippen LogP contribution in [0.3, 0.4) is 0 Å². The smallest absolute Gasteiger partial charge is 0.409 e. The van der Waals surface area contributed by atoms with Crippen LogP contribution >= 0.6 is 11.6 Å². The predicted molar refractivity (Wildman–Crippen MR) is 80.9 cm³/mol. The molecule has 2 N–H and O–H groups in total. The Morgan fingerprint density at radius 3 is 2.41 bits per heavy atom. The average molecular weight is 318 g/mol. The molecule has 0 unspecified atom stereocenters. The first kappa shape index (κ1) is 14.3. The molecule has 0 saturated carbocycles. The molecule has 112 valence electrons. The number of nitrogens with zero attached hydrogens (tertiary/aromatic N) is 2. The first-order valence-electron chi connectivity index (χ1n) is 6.56. The second kappa shape index (κ2) is 5.65. The number of aromatic nitrogens is 1. The van der Waals surface area contributed by atoms with Crippen LogP contribution in [0.4, 0.5) is 10.5 Å². The van der Waals surface area contributed by atoms with Gasteiger partial charge < -0.3 is 10.0 Å². The van der Waals surface area contributed by atoms with Crippen molar-refractivity contribution in [2.45, 2.75) is 13.1 Å². The summed E-state index contributed by atoms with van der Waals surface area (Å²) >= 11 is 5.86. The number of halogens is 1. The predicted octanol–water partition coefficient (Wildman–Crippen LogP) is 2.98. The van der Waals surface area contributed by atoms with Gasteiger partial charge in [-0.2, -0.15) is 0 Å². The van der Waals surface area contributed by atoms with Crippen LogP contribution in [0.15, 0.2) is 36.4 Å². The van der Waals surface area contributed by atoms with E-state index < -0.39 is 6.09 Å². The number of pyridine rings is 1. The molecule has 0 saturated heterocycles. The van der Waals surface area contributed by atoms with Gasteiger partial charge in [0.2, 0.25) is 0 Å². The Kier molecular flexibility index (Phi) is 3.68. The molecule has 0 atom stereocenters. The zero-order chi connectivity index (χ0) is 15.7. The van der Waals surface area contributed by atoms with Crippen LogP contribution in [0.1, 0.15) is 21.6 Å². The Balaban J connectivity index is 1.84. The molecule has 0 radical (unpaired) electrons. The summed E-state index contributed by atoms with van der Waals surface area (Å²) in [6, 6.07) is 10.5. The van der Waals surface area contributed by atoms with E-state index in [9.17, 15) is 9.59 Å². The van der Waals surface area contributed by atoms with Gasteiger partial charge in [0.05, 0.1) is 0 Å². The maximum atomic E-state index is 12.5. The molecular weight excluding hydrogens is 306 g/mol. The van der Waals surface area contributed by atoms with Crippen molar-refractivity contribution >= 4 is 29.3 Å². The van der Waals surface area contributed by atoms with Gasteiger partial charge in [-0.05, 0) is 23.3 Å². The Morgan fingerprint density at radius 1 is 1.18 bits per heavy atom. The monoisotopic (exact) mass is 317 g/mol. The zero-order valence-electron chi connectivity index (χ0n) is 11.4. The van der Waals surface area contributed by atoms with E-state index >= 15 is 0 Å². The van der Waals surface area contributed by atoms with E-state index in [-0.39, 0.29) is 22.4 Å². The Bertz CT molecular complexity index is 738. The fraction of sp³-hybridized carbons (Fsp3) is 0.133. The standard InChI is InChI=1S/C15H12ClN3O3/c16-13-6-11(17-15(21)22)5-12(18-13)14(20)19-7-9-3-1-2-4-10(9)8-19/h1-6H,7-8H2,(H,17,18)(H,21,22). The Morgan fingerprint density at radius 2 is 1.82 bits per heavy atom. The average Bonchev–Trinajstić information content (AvgIpc) is 2.88. The van der Waals surface area contributed by atoms with Crippen LogP contribution in [0.5, 0.6) is 0 Å². The van der Waals surface area contributed by atoms with Gasteiger partial charge in [0.25, 0.3) is 5.91 Å². The molecule has 2 amide bonds. The van der Waals surface area contributed by atoms with E-state index in [4.69, 9.17) is 16.7 Å². The van der Waals surface area contributed by atoms with Crippen LogP contribution < -0.4 is 5.32 Å². The normalized spacial score (nSPS) is 12.9. The number of nitrogens with one attached hydrogen (secondary N) is 1. The maximum absolute atomic E-state index is 12.5. The van der Waals surface area contributed by atoms with E-state index in [2.05, 4.69) is 10.3 Å². The van der Waals surface area contributed by atoms with Crippen molar-refractivity contribution in [2.24, 2.45) is 0 Å². The van der Waals surface area contributed by atoms with Crippen molar-refractivity contribution < 1.29 is 14.7 Å². The van der Waals surface area contributed by atoms with Crippen molar-refractivity contribution in [3.63, 3.8) is 0 Å². The molecule has 2 aromatic rings. The molecule has 1 aromatic carbocycles. The lowest BCUT2D eigenvalue weighted by Gasteiger charge is -2.15. The molecule has 6 nitrogen and oxygen atoms in total. The van der Waals surface area contributed by atoms with Crippen molar-refractivity contribution in [1.29, 1.82) is 0 Å². The maximum Gasteiger partial charge on any atom is 0.409 e. The second-order valence-corrected chi connectivity index (χ2v) is 5.31. The molecule has 3 rings (SSSR count). The van der Waals surface area contributed by atoms with Gasteiger partial charge in [-0.15, -0.1) is 0 Å². The second-order valence-electron chi connectivity index (χ2n) is 4.92. The number of amides is 2. The third-order valence-electron chi connectivity index (χ3n) is 3.39. The molecule has 7 heteroatoms. The number of carbonyl (C=O) groups excluding carboxylic acids is 1. The number of rotatable bonds is 2. The topological polar surface area (TPSA) is 82.5 Å². The highest BCUT2D eigenvalue weighted by atomic mass is 35.5. The van der Waals surface area contributed by atoms with E-state index in [1.165, 1.54) is 12.1 Å². The minimum absolute atomic E-state index is 0.0614. The first-order chi connectivity index (χ1) is 10.5. The molecule has 22 heavy (non-hydrogen) atoms. The van der Waals surface area contributed by atoms with Gasteiger partial charge in [-0.1, -0.05) is 35.9 Å². The van der Waals surface area contributed by atoms with Gasteiger partial charge in [0.15, 0.2) is 0 Å². The number of carboxylic acid groups (broad SMARTS) is 1. The molecule has 1 aliphatic rings. The van der Waals surface area contributed by atoms with E-state index in [1.807, 2.05) is 24.3 Å². The first-order valence-corrected chi connectivity index (χ1v) is 6.94. The highest BCUT2D eigenvalue weighted by Crippen LogP contribution is 2.25. The number of carbonyl (C=O) groups is 2. The fourth-order valence-corrected chi connectivity index (χ4v) is 2.65. The van der Waals surface area contributed by atoms with Crippen LogP contribution in [0, 0.1) is 0 Å². The molecule has 0 bridgehead atoms. The van der Waals surface area contributed by atoms with Crippen LogP contribution in [0.2, 0.25) is 5.15 Å². The van der Waals surface area contributed by atoms with Gasteiger partial charge >= 0.3 is 6.09 Å². The van der Waals surface area contributed by atoms with Crippen LogP contribution in [-0.2, 0) is 13.1 Å². The van der Waals surface area contributed by atoms with Gasteiger partial charge in [0, 0.05) is 18.8 Å². The molecular formula is C15H12ClN3O3. The van der Waals surface area contributed by atoms with Crippen molar-refractivity contribution in [1.82, 2.24) is 9.88 Å². The summed E-state index contributed by atoms with van der Waals surface area (Å²) in [5.41, 5.74) is 2.53. The zero-order valence-corrected chi connectivity index (χ0v) is 12.2. The highest BCUT2D eigenvalue weighted by Gasteiger charge is 2.25. The van der Waals surface area contributed by atoms with Crippen molar-refractivity contribution in [2.75, 3.05) is 5.32 Å². The fourth-order valence-electron chi connectivity index (χ4n) is 2.44. The SMILES string of the molecule is O=C(O)Nc1cc(Cl)nc(C(=O)N2Cc3ccccc3C2)c1. The summed E-state index contributed by atoms with van der Waals surface area (Å²) in [6.07, 6.45) is -1.23. The third kappa shape index (κ3) is 2.87. The minimum Gasteiger partial charge on any atom is -0.465 e. The lowest BCUT2D eigenvalue weighted by atomic mass is 10.1. The summed E-state index contributed by atoms with van der Waals surface area (Å²) in [5.74, 6) is -0.285. The number of benzene rings is 1. The summed E-state index contributed by atoms with van der Waals surface area (Å²) in [5, 5.41) is 11.0. The lowest BCUT2D eigenvalue weighted by molar-refractivity contribution is 0.0745. The Hall–Kier alpha value is -2.60. The molecule has 2 heterocycles. The van der Waals surface area contributed by atoms with Crippen molar-refractivity contribution in [3.8, 4) is 0 Å². The van der Waals surface area contributed by atoms with E-state index in [1.54, 1.807) is 4.90 Å². The molecule has 0 fully saturated rings. The van der Waals surface area contributed by atoms with E-state index in [0.29, 0.717) is 13.1 Å². The minimum atomic E-state index is -1.23. The third-order valence-corrected chi connectivity index (χ3v) is 3.59. The molecule has 0 spiro atoms.